The molecular weight excluding hydrogens is 361 g/mol. The van der Waals surface area contributed by atoms with E-state index in [0.717, 1.165) is 34.9 Å². The molecule has 0 aliphatic carbocycles. The summed E-state index contributed by atoms with van der Waals surface area (Å²) >= 11 is 1.79. The van der Waals surface area contributed by atoms with Crippen molar-refractivity contribution in [2.75, 3.05) is 12.9 Å². The molecule has 0 saturated heterocycles. The number of hydrogen-bond acceptors (Lipinski definition) is 4. The molecule has 0 spiro atoms. The number of thioether (sulfide) groups is 1. The van der Waals surface area contributed by atoms with E-state index in [1.165, 1.54) is 11.0 Å². The molecule has 2 aromatic rings. The average molecular weight is 386 g/mol. The Morgan fingerprint density at radius 1 is 1.44 bits per heavy atom. The SMILES string of the molecule is COc1c(CNC2CCSc3ccc(F)cc32)c(C(C)C)nn1C.Cl. The summed E-state index contributed by atoms with van der Waals surface area (Å²) in [5.74, 6) is 1.97. The Bertz CT molecular complexity index is 735. The number of halogens is 2. The van der Waals surface area contributed by atoms with E-state index < -0.39 is 0 Å². The first-order valence-corrected chi connectivity index (χ1v) is 9.25. The van der Waals surface area contributed by atoms with Crippen molar-refractivity contribution >= 4 is 24.2 Å². The minimum atomic E-state index is -0.176. The van der Waals surface area contributed by atoms with Gasteiger partial charge in [0.05, 0.1) is 18.4 Å². The number of rotatable bonds is 5. The normalized spacial score (nSPS) is 16.5. The van der Waals surface area contributed by atoms with Gasteiger partial charge in [-0.05, 0) is 41.9 Å². The number of benzene rings is 1. The number of ether oxygens (including phenoxy) is 1. The van der Waals surface area contributed by atoms with Gasteiger partial charge in [0.25, 0.3) is 0 Å². The standard InChI is InChI=1S/C18H24FN3OS.ClH/c1-11(2)17-14(18(23-4)22(3)21-17)10-20-15-7-8-24-16-6-5-12(19)9-13(15)16;/h5-6,9,11,15,20H,7-8,10H2,1-4H3;1H. The van der Waals surface area contributed by atoms with Gasteiger partial charge in [-0.1, -0.05) is 13.8 Å². The highest BCUT2D eigenvalue weighted by molar-refractivity contribution is 7.99. The van der Waals surface area contributed by atoms with Crippen LogP contribution in [0.4, 0.5) is 4.39 Å². The van der Waals surface area contributed by atoms with Crippen LogP contribution in [0.5, 0.6) is 5.88 Å². The highest BCUT2D eigenvalue weighted by Gasteiger charge is 2.24. The molecule has 0 amide bonds. The Balaban J connectivity index is 0.00000225. The fourth-order valence-corrected chi connectivity index (χ4v) is 4.37. The maximum Gasteiger partial charge on any atom is 0.216 e. The van der Waals surface area contributed by atoms with Crippen molar-refractivity contribution < 1.29 is 9.13 Å². The maximum atomic E-state index is 13.7. The van der Waals surface area contributed by atoms with Gasteiger partial charge in [-0.15, -0.1) is 24.2 Å². The van der Waals surface area contributed by atoms with E-state index in [4.69, 9.17) is 4.74 Å². The lowest BCUT2D eigenvalue weighted by atomic mass is 10.0. The van der Waals surface area contributed by atoms with Crippen LogP contribution >= 0.6 is 24.2 Å². The van der Waals surface area contributed by atoms with Crippen molar-refractivity contribution in [1.29, 1.82) is 0 Å². The van der Waals surface area contributed by atoms with Crippen LogP contribution in [0.25, 0.3) is 0 Å². The van der Waals surface area contributed by atoms with Gasteiger partial charge in [-0.2, -0.15) is 5.10 Å². The van der Waals surface area contributed by atoms with Crippen LogP contribution in [0, 0.1) is 5.82 Å². The Morgan fingerprint density at radius 3 is 2.88 bits per heavy atom. The molecule has 2 heterocycles. The maximum absolute atomic E-state index is 13.7. The third kappa shape index (κ3) is 4.13. The molecule has 0 fully saturated rings. The van der Waals surface area contributed by atoms with Crippen molar-refractivity contribution in [3.63, 3.8) is 0 Å². The number of fused-ring (bicyclic) bond motifs is 1. The molecule has 1 aliphatic heterocycles. The lowest BCUT2D eigenvalue weighted by Gasteiger charge is -2.26. The van der Waals surface area contributed by atoms with Crippen molar-refractivity contribution in [2.45, 2.75) is 43.7 Å². The van der Waals surface area contributed by atoms with Crippen molar-refractivity contribution in [1.82, 2.24) is 15.1 Å². The molecule has 3 rings (SSSR count). The summed E-state index contributed by atoms with van der Waals surface area (Å²) in [4.78, 5) is 1.17. The molecule has 1 aromatic heterocycles. The van der Waals surface area contributed by atoms with Crippen molar-refractivity contribution in [3.8, 4) is 5.88 Å². The molecule has 1 atom stereocenters. The van der Waals surface area contributed by atoms with Gasteiger partial charge >= 0.3 is 0 Å². The van der Waals surface area contributed by atoms with Gasteiger partial charge in [0.2, 0.25) is 5.88 Å². The number of aromatic nitrogens is 2. The summed E-state index contributed by atoms with van der Waals surface area (Å²) in [6.45, 7) is 4.93. The largest absolute Gasteiger partial charge is 0.481 e. The zero-order valence-electron chi connectivity index (χ0n) is 15.0. The molecule has 1 aromatic carbocycles. The Labute approximate surface area is 158 Å². The highest BCUT2D eigenvalue weighted by Crippen LogP contribution is 2.37. The van der Waals surface area contributed by atoms with Crippen LogP contribution < -0.4 is 10.1 Å². The zero-order valence-corrected chi connectivity index (χ0v) is 16.6. The zero-order chi connectivity index (χ0) is 17.3. The van der Waals surface area contributed by atoms with Crippen LogP contribution in [-0.2, 0) is 13.6 Å². The lowest BCUT2D eigenvalue weighted by molar-refractivity contribution is 0.366. The first-order valence-electron chi connectivity index (χ1n) is 8.26. The van der Waals surface area contributed by atoms with Crippen LogP contribution in [0.3, 0.4) is 0 Å². The number of nitrogens with zero attached hydrogens (tertiary/aromatic N) is 2. The van der Waals surface area contributed by atoms with Crippen molar-refractivity contribution in [2.24, 2.45) is 7.05 Å². The molecule has 0 saturated carbocycles. The summed E-state index contributed by atoms with van der Waals surface area (Å²) in [5, 5.41) is 8.18. The van der Waals surface area contributed by atoms with Crippen LogP contribution in [0.1, 0.15) is 49.0 Å². The van der Waals surface area contributed by atoms with E-state index in [9.17, 15) is 4.39 Å². The summed E-state index contributed by atoms with van der Waals surface area (Å²) in [5.41, 5.74) is 3.19. The second kappa shape index (κ2) is 8.43. The number of methoxy groups -OCH3 is 1. The molecule has 4 nitrogen and oxygen atoms in total. The third-order valence-electron chi connectivity index (χ3n) is 4.40. The molecule has 1 aliphatic rings. The smallest absolute Gasteiger partial charge is 0.216 e. The fourth-order valence-electron chi connectivity index (χ4n) is 3.26. The molecule has 1 unspecified atom stereocenters. The quantitative estimate of drug-likeness (QED) is 0.825. The molecule has 0 radical (unpaired) electrons. The first kappa shape index (κ1) is 20.1. The molecule has 0 bridgehead atoms. The van der Waals surface area contributed by atoms with Crippen LogP contribution in [-0.4, -0.2) is 22.6 Å². The third-order valence-corrected chi connectivity index (χ3v) is 5.52. The van der Waals surface area contributed by atoms with Gasteiger partial charge < -0.3 is 10.1 Å². The number of aryl methyl sites for hydroxylation is 1. The highest BCUT2D eigenvalue weighted by atomic mass is 35.5. The minimum Gasteiger partial charge on any atom is -0.481 e. The van der Waals surface area contributed by atoms with Crippen LogP contribution in [0.15, 0.2) is 23.1 Å². The minimum absolute atomic E-state index is 0. The van der Waals surface area contributed by atoms with Crippen molar-refractivity contribution in [3.05, 3.63) is 40.8 Å². The Hall–Kier alpha value is -1.24. The first-order chi connectivity index (χ1) is 11.5. The Kier molecular flexibility index (Phi) is 6.77. The molecule has 25 heavy (non-hydrogen) atoms. The summed E-state index contributed by atoms with van der Waals surface area (Å²) in [6.07, 6.45) is 0.987. The van der Waals surface area contributed by atoms with E-state index in [0.29, 0.717) is 12.5 Å². The average Bonchev–Trinajstić information content (AvgIpc) is 2.88. The predicted octanol–water partition coefficient (Wildman–Crippen LogP) is 4.44. The topological polar surface area (TPSA) is 39.1 Å². The monoisotopic (exact) mass is 385 g/mol. The molecular formula is C18H25ClFN3OS. The molecule has 138 valence electrons. The number of nitrogens with one attached hydrogen (secondary N) is 1. The summed E-state index contributed by atoms with van der Waals surface area (Å²) in [7, 11) is 3.57. The predicted molar refractivity (Wildman–Crippen MR) is 102 cm³/mol. The molecule has 7 heteroatoms. The van der Waals surface area contributed by atoms with E-state index in [1.807, 2.05) is 13.1 Å². The molecule has 1 N–H and O–H groups in total. The summed E-state index contributed by atoms with van der Waals surface area (Å²) < 4.78 is 21.0. The van der Waals surface area contributed by atoms with E-state index in [1.54, 1.807) is 29.6 Å². The van der Waals surface area contributed by atoms with E-state index >= 15 is 0 Å². The van der Waals surface area contributed by atoms with E-state index in [-0.39, 0.29) is 24.3 Å². The second-order valence-corrected chi connectivity index (χ2v) is 7.54. The van der Waals surface area contributed by atoms with Crippen LogP contribution in [0.2, 0.25) is 0 Å². The van der Waals surface area contributed by atoms with Gasteiger partial charge in [-0.25, -0.2) is 9.07 Å². The van der Waals surface area contributed by atoms with E-state index in [2.05, 4.69) is 24.3 Å². The second-order valence-electron chi connectivity index (χ2n) is 6.40. The van der Waals surface area contributed by atoms with Gasteiger partial charge in [0.1, 0.15) is 5.82 Å². The van der Waals surface area contributed by atoms with Gasteiger partial charge in [0, 0.05) is 24.5 Å². The van der Waals surface area contributed by atoms with Gasteiger partial charge in [0.15, 0.2) is 0 Å². The van der Waals surface area contributed by atoms with Gasteiger partial charge in [-0.3, -0.25) is 0 Å². The lowest BCUT2D eigenvalue weighted by Crippen LogP contribution is -2.25. The summed E-state index contributed by atoms with van der Waals surface area (Å²) in [6, 6.07) is 5.23. The Morgan fingerprint density at radius 2 is 2.20 bits per heavy atom. The fraction of sp³-hybridized carbons (Fsp3) is 0.500. The number of hydrogen-bond donors (Lipinski definition) is 1.